The van der Waals surface area contributed by atoms with E-state index in [4.69, 9.17) is 17.2 Å². The lowest BCUT2D eigenvalue weighted by atomic mass is 10.0. The van der Waals surface area contributed by atoms with E-state index in [0.717, 1.165) is 0 Å². The van der Waals surface area contributed by atoms with Crippen molar-refractivity contribution in [2.45, 2.75) is 128 Å². The van der Waals surface area contributed by atoms with Gasteiger partial charge in [0.05, 0.1) is 12.6 Å². The fourth-order valence-electron chi connectivity index (χ4n) is 5.98. The molecule has 0 aromatic heterocycles. The highest BCUT2D eigenvalue weighted by atomic mass is 32.1. The van der Waals surface area contributed by atoms with E-state index >= 15 is 0 Å². The van der Waals surface area contributed by atoms with Crippen molar-refractivity contribution in [2.24, 2.45) is 29.0 Å². The Morgan fingerprint density at radius 1 is 0.578 bits per heavy atom. The van der Waals surface area contributed by atoms with Crippen LogP contribution in [0, 0.1) is 11.8 Å². The number of aromatic hydroxyl groups is 1. The van der Waals surface area contributed by atoms with Crippen LogP contribution < -0.4 is 59.7 Å². The summed E-state index contributed by atoms with van der Waals surface area (Å²) in [7, 11) is 0. The quantitative estimate of drug-likeness (QED) is 0.0290. The number of rotatable bonds is 29. The van der Waals surface area contributed by atoms with Gasteiger partial charge in [0.25, 0.3) is 0 Å². The van der Waals surface area contributed by atoms with Gasteiger partial charge in [-0.1, -0.05) is 39.8 Å². The normalized spacial score (nSPS) is 14.9. The molecule has 64 heavy (non-hydrogen) atoms. The molecule has 0 fully saturated rings. The summed E-state index contributed by atoms with van der Waals surface area (Å²) in [6.45, 7) is 9.87. The SMILES string of the molecule is CC(C)C[C@H](NC(=O)[C@H](C)N)C(=O)N[C@@H](CS)C(=O)NCC(=O)N[C@@H](CCCCN)C(=O)N[C@@H](C)C(=O)N[C@@H](CS)C(=O)N[C@@H](CC(C)C)C(=O)N[C@@H](Cc1ccc(O)cc1)C(N)=O. The van der Waals surface area contributed by atoms with E-state index in [2.05, 4.69) is 67.8 Å². The van der Waals surface area contributed by atoms with Gasteiger partial charge in [-0.15, -0.1) is 0 Å². The van der Waals surface area contributed by atoms with Gasteiger partial charge in [0.1, 0.15) is 48.0 Å². The maximum absolute atomic E-state index is 13.4. The summed E-state index contributed by atoms with van der Waals surface area (Å²) >= 11 is 8.37. The molecule has 0 unspecified atom stereocenters. The summed E-state index contributed by atoms with van der Waals surface area (Å²) in [6, 6.07) is -3.02. The molecule has 0 aliphatic carbocycles. The topological polar surface area (TPSA) is 348 Å². The zero-order chi connectivity index (χ0) is 48.7. The zero-order valence-electron chi connectivity index (χ0n) is 37.4. The largest absolute Gasteiger partial charge is 0.508 e. The van der Waals surface area contributed by atoms with Gasteiger partial charge in [0, 0.05) is 17.9 Å². The van der Waals surface area contributed by atoms with Crippen LogP contribution in [0.2, 0.25) is 0 Å². The Kier molecular flexibility index (Phi) is 26.1. The van der Waals surface area contributed by atoms with Crippen molar-refractivity contribution >= 4 is 78.4 Å². The van der Waals surface area contributed by atoms with Crippen molar-refractivity contribution in [1.29, 1.82) is 0 Å². The zero-order valence-corrected chi connectivity index (χ0v) is 39.2. The number of benzene rings is 1. The molecule has 0 spiro atoms. The molecule has 0 radical (unpaired) electrons. The van der Waals surface area contributed by atoms with Crippen LogP contribution in [-0.2, 0) is 49.6 Å². The number of unbranched alkanes of at least 4 members (excludes halogenated alkanes) is 1. The number of carbonyl (C=O) groups is 9. The van der Waals surface area contributed by atoms with Crippen molar-refractivity contribution in [1.82, 2.24) is 42.5 Å². The molecule has 15 N–H and O–H groups in total. The second kappa shape index (κ2) is 29.3. The molecule has 0 bridgehead atoms. The summed E-state index contributed by atoms with van der Waals surface area (Å²) in [4.78, 5) is 117. The first-order valence-electron chi connectivity index (χ1n) is 21.2. The number of amides is 9. The second-order valence-corrected chi connectivity index (χ2v) is 17.1. The number of hydrogen-bond donors (Lipinski definition) is 14. The Balaban J connectivity index is 2.96. The van der Waals surface area contributed by atoms with Gasteiger partial charge in [0.15, 0.2) is 0 Å². The number of hydrogen-bond acceptors (Lipinski definition) is 14. The van der Waals surface area contributed by atoms with E-state index in [1.54, 1.807) is 12.1 Å². The molecule has 9 amide bonds. The molecule has 0 saturated heterocycles. The Labute approximate surface area is 385 Å². The van der Waals surface area contributed by atoms with Gasteiger partial charge < -0.3 is 64.8 Å². The third kappa shape index (κ3) is 21.5. The molecule has 0 saturated carbocycles. The summed E-state index contributed by atoms with van der Waals surface area (Å²) in [6.07, 6.45) is 1.48. The van der Waals surface area contributed by atoms with Gasteiger partial charge in [-0.2, -0.15) is 25.3 Å². The average Bonchev–Trinajstić information content (AvgIpc) is 3.22. The van der Waals surface area contributed by atoms with Crippen LogP contribution in [0.3, 0.4) is 0 Å². The van der Waals surface area contributed by atoms with Crippen LogP contribution >= 0.6 is 25.3 Å². The third-order valence-electron chi connectivity index (χ3n) is 9.53. The molecule has 0 heterocycles. The van der Waals surface area contributed by atoms with Gasteiger partial charge in [0.2, 0.25) is 53.2 Å². The van der Waals surface area contributed by atoms with Crippen LogP contribution in [0.15, 0.2) is 24.3 Å². The number of carbonyl (C=O) groups excluding carboxylic acids is 9. The van der Waals surface area contributed by atoms with Gasteiger partial charge >= 0.3 is 0 Å². The molecule has 1 rings (SSSR count). The summed E-state index contributed by atoms with van der Waals surface area (Å²) in [5, 5.41) is 29.8. The fourth-order valence-corrected chi connectivity index (χ4v) is 6.49. The van der Waals surface area contributed by atoms with E-state index < -0.39 is 108 Å². The van der Waals surface area contributed by atoms with Crippen molar-refractivity contribution in [2.75, 3.05) is 24.6 Å². The lowest BCUT2D eigenvalue weighted by Gasteiger charge is -2.26. The van der Waals surface area contributed by atoms with Crippen LogP contribution in [0.5, 0.6) is 5.75 Å². The molecule has 0 aliphatic rings. The lowest BCUT2D eigenvalue weighted by molar-refractivity contribution is -0.134. The number of thiol groups is 2. The van der Waals surface area contributed by atoms with E-state index in [0.29, 0.717) is 24.9 Å². The first-order valence-corrected chi connectivity index (χ1v) is 22.4. The average molecular weight is 940 g/mol. The molecule has 21 nitrogen and oxygen atoms in total. The lowest BCUT2D eigenvalue weighted by Crippen LogP contribution is -2.59. The predicted molar refractivity (Wildman–Crippen MR) is 246 cm³/mol. The predicted octanol–water partition coefficient (Wildman–Crippen LogP) is -2.62. The minimum Gasteiger partial charge on any atom is -0.508 e. The molecule has 8 atom stereocenters. The maximum atomic E-state index is 13.4. The number of primary amides is 1. The minimum absolute atomic E-state index is 0.00510. The van der Waals surface area contributed by atoms with Crippen molar-refractivity contribution in [3.63, 3.8) is 0 Å². The van der Waals surface area contributed by atoms with E-state index in [1.165, 1.54) is 26.0 Å². The Morgan fingerprint density at radius 2 is 1.03 bits per heavy atom. The summed E-state index contributed by atoms with van der Waals surface area (Å²) in [5.74, 6) is -6.97. The van der Waals surface area contributed by atoms with Crippen molar-refractivity contribution < 1.29 is 48.3 Å². The van der Waals surface area contributed by atoms with Crippen molar-refractivity contribution in [3.05, 3.63) is 29.8 Å². The maximum Gasteiger partial charge on any atom is 0.244 e. The number of phenols is 1. The Hall–Kier alpha value is -5.13. The van der Waals surface area contributed by atoms with Crippen LogP contribution in [0.25, 0.3) is 0 Å². The first kappa shape index (κ1) is 56.9. The fraction of sp³-hybridized carbons (Fsp3) is 0.634. The highest BCUT2D eigenvalue weighted by Gasteiger charge is 2.32. The smallest absolute Gasteiger partial charge is 0.244 e. The molecular weight excluding hydrogens is 871 g/mol. The minimum atomic E-state index is -1.27. The van der Waals surface area contributed by atoms with E-state index in [1.807, 2.05) is 27.7 Å². The van der Waals surface area contributed by atoms with Gasteiger partial charge in [-0.25, -0.2) is 0 Å². The van der Waals surface area contributed by atoms with E-state index in [9.17, 15) is 48.3 Å². The van der Waals surface area contributed by atoms with Crippen LogP contribution in [0.1, 0.15) is 79.2 Å². The van der Waals surface area contributed by atoms with Gasteiger partial charge in [-0.3, -0.25) is 43.2 Å². The number of phenolic OH excluding ortho intramolecular Hbond substituents is 1. The van der Waals surface area contributed by atoms with Crippen LogP contribution in [0.4, 0.5) is 0 Å². The second-order valence-electron chi connectivity index (χ2n) is 16.3. The molecule has 1 aromatic rings. The first-order chi connectivity index (χ1) is 30.0. The van der Waals surface area contributed by atoms with Crippen molar-refractivity contribution in [3.8, 4) is 5.75 Å². The highest BCUT2D eigenvalue weighted by Crippen LogP contribution is 2.13. The van der Waals surface area contributed by atoms with E-state index in [-0.39, 0.29) is 54.8 Å². The third-order valence-corrected chi connectivity index (χ3v) is 10.3. The van der Waals surface area contributed by atoms with Crippen LogP contribution in [-0.4, -0.2) is 131 Å². The molecule has 360 valence electrons. The Bertz CT molecular complexity index is 1740. The highest BCUT2D eigenvalue weighted by molar-refractivity contribution is 7.80. The standard InChI is InChI=1S/C41H69N11O10S2/c1-21(2)15-29(49-35(56)23(5)43)40(61)52-31(19-63)37(58)45-18-33(54)47-27(9-7-8-14-42)38(59)46-24(6)36(57)51-32(20-64)41(62)50-30(16-22(3)4)39(60)48-28(34(44)55)17-25-10-12-26(53)13-11-25/h10-13,21-24,27-32,53,63-64H,7-9,14-20,42-43H2,1-6H3,(H2,44,55)(H,45,58)(H,46,59)(H,47,54)(H,48,60)(H,49,56)(H,50,62)(H,51,57)(H,52,61)/t23-,24-,27-,28-,29-,30-,31-,32-/m0/s1. The monoisotopic (exact) mass is 939 g/mol. The Morgan fingerprint density at radius 3 is 1.52 bits per heavy atom. The number of nitrogens with one attached hydrogen (secondary N) is 8. The number of nitrogens with two attached hydrogens (primary N) is 3. The molecule has 1 aromatic carbocycles. The molecule has 0 aliphatic heterocycles. The molecular formula is C41H69N11O10S2. The molecule has 23 heteroatoms. The summed E-state index contributed by atoms with van der Waals surface area (Å²) < 4.78 is 0. The van der Waals surface area contributed by atoms with Gasteiger partial charge in [-0.05, 0) is 82.0 Å². The summed E-state index contributed by atoms with van der Waals surface area (Å²) in [5.41, 5.74) is 17.4.